The molecule has 4 aliphatic rings. The molecule has 9 nitrogen and oxygen atoms in total. The van der Waals surface area contributed by atoms with Gasteiger partial charge in [-0.25, -0.2) is 4.79 Å². The van der Waals surface area contributed by atoms with Gasteiger partial charge in [0.1, 0.15) is 16.9 Å². The largest absolute Gasteiger partial charge is 0.461 e. The molecule has 164 valence electrons. The Balaban J connectivity index is 1.71. The molecule has 3 saturated heterocycles. The van der Waals surface area contributed by atoms with Crippen molar-refractivity contribution in [2.45, 2.75) is 57.6 Å². The quantitative estimate of drug-likeness (QED) is 0.519. The van der Waals surface area contributed by atoms with Crippen LogP contribution in [0.25, 0.3) is 0 Å². The molecule has 9 heteroatoms. The second-order valence-electron chi connectivity index (χ2n) is 9.76. The van der Waals surface area contributed by atoms with E-state index >= 15 is 0 Å². The van der Waals surface area contributed by atoms with Crippen LogP contribution in [0.3, 0.4) is 0 Å². The molecule has 2 N–H and O–H groups in total. The van der Waals surface area contributed by atoms with Crippen molar-refractivity contribution in [2.24, 2.45) is 16.2 Å². The van der Waals surface area contributed by atoms with Crippen LogP contribution in [0.15, 0.2) is 30.3 Å². The summed E-state index contributed by atoms with van der Waals surface area (Å²) in [6.07, 6.45) is -4.25. The van der Waals surface area contributed by atoms with Gasteiger partial charge in [-0.05, 0) is 17.5 Å². The van der Waals surface area contributed by atoms with E-state index in [2.05, 4.69) is 5.32 Å². The monoisotopic (exact) mass is 429 g/mol. The van der Waals surface area contributed by atoms with Crippen molar-refractivity contribution in [3.63, 3.8) is 0 Å². The van der Waals surface area contributed by atoms with Crippen molar-refractivity contribution >= 4 is 23.8 Å². The first-order valence-corrected chi connectivity index (χ1v) is 10.2. The lowest BCUT2D eigenvalue weighted by atomic mass is 9.52. The fourth-order valence-electron chi connectivity index (χ4n) is 6.17. The third kappa shape index (κ3) is 2.10. The van der Waals surface area contributed by atoms with Crippen LogP contribution in [0.5, 0.6) is 0 Å². The molecule has 0 aromatic heterocycles. The van der Waals surface area contributed by atoms with Gasteiger partial charge in [0.2, 0.25) is 0 Å². The fraction of sp³-hybridized carbons (Fsp3) is 0.545. The van der Waals surface area contributed by atoms with Gasteiger partial charge in [-0.2, -0.15) is 0 Å². The molecule has 1 unspecified atom stereocenters. The predicted molar refractivity (Wildman–Crippen MR) is 102 cm³/mol. The summed E-state index contributed by atoms with van der Waals surface area (Å²) in [5.74, 6) is -2.83. The van der Waals surface area contributed by atoms with Gasteiger partial charge in [-0.1, -0.05) is 39.0 Å². The average Bonchev–Trinajstić information content (AvgIpc) is 3.30. The molecule has 5 rings (SSSR count). The van der Waals surface area contributed by atoms with Gasteiger partial charge in [-0.15, -0.1) is 0 Å². The smallest absolute Gasteiger partial charge is 0.338 e. The second kappa shape index (κ2) is 5.85. The molecule has 0 bridgehead atoms. The first-order valence-electron chi connectivity index (χ1n) is 10.2. The number of hydrogen-bond donors (Lipinski definition) is 2. The minimum absolute atomic E-state index is 0.0812. The Labute approximate surface area is 178 Å². The summed E-state index contributed by atoms with van der Waals surface area (Å²) >= 11 is 0. The van der Waals surface area contributed by atoms with E-state index in [4.69, 9.17) is 14.2 Å². The summed E-state index contributed by atoms with van der Waals surface area (Å²) in [5, 5.41) is 14.7. The lowest BCUT2D eigenvalue weighted by molar-refractivity contribution is -0.205. The zero-order valence-electron chi connectivity index (χ0n) is 17.3. The van der Waals surface area contributed by atoms with Crippen molar-refractivity contribution in [2.75, 3.05) is 0 Å². The van der Waals surface area contributed by atoms with Crippen molar-refractivity contribution in [1.82, 2.24) is 5.32 Å². The maximum absolute atomic E-state index is 13.2. The molecule has 6 atom stereocenters. The van der Waals surface area contributed by atoms with Gasteiger partial charge >= 0.3 is 17.9 Å². The number of rotatable bonds is 2. The SMILES string of the molecule is CC(C)(C)[C@]1(O)C[C@@H]2OC(=O)C[C@@]23C(=O)O[C@@H]2NC(=O)[C@@H](OC(=O)c4ccccc4)C213. The maximum Gasteiger partial charge on any atom is 0.338 e. The Hall–Kier alpha value is -2.94. The van der Waals surface area contributed by atoms with Crippen LogP contribution < -0.4 is 5.32 Å². The number of amides is 1. The highest BCUT2D eigenvalue weighted by Gasteiger charge is 2.92. The predicted octanol–water partition coefficient (Wildman–Crippen LogP) is 0.694. The molecular weight excluding hydrogens is 406 g/mol. The molecule has 1 saturated carbocycles. The van der Waals surface area contributed by atoms with Gasteiger partial charge in [0, 0.05) is 6.42 Å². The number of hydrogen-bond acceptors (Lipinski definition) is 8. The number of carbonyl (C=O) groups excluding carboxylic acids is 4. The summed E-state index contributed by atoms with van der Waals surface area (Å²) < 4.78 is 16.7. The van der Waals surface area contributed by atoms with E-state index in [0.717, 1.165) is 0 Å². The lowest BCUT2D eigenvalue weighted by Crippen LogP contribution is -2.66. The van der Waals surface area contributed by atoms with E-state index < -0.39 is 64.1 Å². The number of aliphatic hydroxyl groups is 1. The molecule has 3 aliphatic heterocycles. The van der Waals surface area contributed by atoms with Crippen LogP contribution in [0.1, 0.15) is 44.0 Å². The fourth-order valence-corrected chi connectivity index (χ4v) is 6.17. The summed E-state index contributed by atoms with van der Waals surface area (Å²) in [6.45, 7) is 5.28. The van der Waals surface area contributed by atoms with Crippen LogP contribution in [-0.4, -0.2) is 53.0 Å². The third-order valence-corrected chi connectivity index (χ3v) is 7.55. The first kappa shape index (κ1) is 20.0. The Bertz CT molecular complexity index is 1020. The number of esters is 3. The molecule has 1 amide bonds. The van der Waals surface area contributed by atoms with Gasteiger partial charge in [0.15, 0.2) is 12.3 Å². The molecule has 3 heterocycles. The molecule has 1 aliphatic carbocycles. The van der Waals surface area contributed by atoms with Crippen molar-refractivity contribution < 1.29 is 38.5 Å². The summed E-state index contributed by atoms with van der Waals surface area (Å²) in [6, 6.07) is 8.10. The molecule has 1 aromatic rings. The number of nitrogens with one attached hydrogen (secondary N) is 1. The summed E-state index contributed by atoms with van der Waals surface area (Å²) in [4.78, 5) is 51.4. The minimum atomic E-state index is -1.73. The van der Waals surface area contributed by atoms with E-state index in [0.29, 0.717) is 0 Å². The molecule has 4 fully saturated rings. The molecule has 1 aromatic carbocycles. The van der Waals surface area contributed by atoms with E-state index in [9.17, 15) is 24.3 Å². The van der Waals surface area contributed by atoms with E-state index in [-0.39, 0.29) is 18.4 Å². The van der Waals surface area contributed by atoms with Crippen LogP contribution in [0.2, 0.25) is 0 Å². The highest BCUT2D eigenvalue weighted by molar-refractivity contribution is 5.99. The standard InChI is InChI=1S/C22H23NO8/c1-19(2,3)21(28)9-12-20(10-13(24)29-12)18(27)31-17-22(20,21)14(15(25)23-17)30-16(26)11-7-5-4-6-8-11/h4-8,12,14,17,28H,9-10H2,1-3H3,(H,23,25)/t12-,14+,17-,20-,21+,22?/m0/s1. The Morgan fingerprint density at radius 2 is 1.84 bits per heavy atom. The second-order valence-corrected chi connectivity index (χ2v) is 9.76. The molecule has 2 spiro atoms. The van der Waals surface area contributed by atoms with Crippen molar-refractivity contribution in [1.29, 1.82) is 0 Å². The van der Waals surface area contributed by atoms with E-state index in [1.165, 1.54) is 12.1 Å². The summed E-state index contributed by atoms with van der Waals surface area (Å²) in [7, 11) is 0. The van der Waals surface area contributed by atoms with Gasteiger partial charge < -0.3 is 24.6 Å². The van der Waals surface area contributed by atoms with Crippen LogP contribution >= 0.6 is 0 Å². The van der Waals surface area contributed by atoms with Crippen LogP contribution in [0, 0.1) is 16.2 Å². The Kier molecular flexibility index (Phi) is 3.77. The zero-order valence-corrected chi connectivity index (χ0v) is 17.3. The van der Waals surface area contributed by atoms with Crippen molar-refractivity contribution in [3.8, 4) is 0 Å². The maximum atomic E-state index is 13.2. The Morgan fingerprint density at radius 1 is 1.16 bits per heavy atom. The van der Waals surface area contributed by atoms with Gasteiger partial charge in [-0.3, -0.25) is 14.4 Å². The minimum Gasteiger partial charge on any atom is -0.461 e. The van der Waals surface area contributed by atoms with E-state index in [1.54, 1.807) is 39.0 Å². The van der Waals surface area contributed by atoms with Gasteiger partial charge in [0.25, 0.3) is 5.91 Å². The summed E-state index contributed by atoms with van der Waals surface area (Å²) in [5.41, 5.74) is -5.77. The molecule has 0 radical (unpaired) electrons. The Morgan fingerprint density at radius 3 is 2.48 bits per heavy atom. The highest BCUT2D eigenvalue weighted by Crippen LogP contribution is 2.75. The van der Waals surface area contributed by atoms with Crippen LogP contribution in [-0.2, 0) is 28.6 Å². The van der Waals surface area contributed by atoms with Gasteiger partial charge in [0.05, 0.1) is 17.6 Å². The van der Waals surface area contributed by atoms with E-state index in [1.807, 2.05) is 0 Å². The number of ether oxygens (including phenoxy) is 3. The zero-order chi connectivity index (χ0) is 22.4. The molecular formula is C22H23NO8. The lowest BCUT2D eigenvalue weighted by Gasteiger charge is -2.51. The third-order valence-electron chi connectivity index (χ3n) is 7.55. The molecule has 31 heavy (non-hydrogen) atoms. The average molecular weight is 429 g/mol. The normalized spacial score (nSPS) is 40.5. The first-order chi connectivity index (χ1) is 14.5. The number of carbonyl (C=O) groups is 4. The topological polar surface area (TPSA) is 128 Å². The van der Waals surface area contributed by atoms with Crippen molar-refractivity contribution in [3.05, 3.63) is 35.9 Å². The number of benzene rings is 1. The highest BCUT2D eigenvalue weighted by atomic mass is 16.6. The van der Waals surface area contributed by atoms with Crippen LogP contribution in [0.4, 0.5) is 0 Å².